The molecule has 5 nitrogen and oxygen atoms in total. The second-order valence-electron chi connectivity index (χ2n) is 6.27. The van der Waals surface area contributed by atoms with Gasteiger partial charge in [-0.25, -0.2) is 4.79 Å². The standard InChI is InChI=1S/C13H21F3N2O3/c1-12(2)5-3-4-9(6-12)17-11(21)18(7-10(19)20)8-13(14,15)16/h9H,3-8H2,1-2H3,(H,17,21)(H,19,20). The maximum atomic E-state index is 12.4. The van der Waals surface area contributed by atoms with E-state index >= 15 is 0 Å². The normalized spacial score (nSPS) is 21.7. The molecule has 0 saturated heterocycles. The number of nitrogens with zero attached hydrogens (tertiary/aromatic N) is 1. The van der Waals surface area contributed by atoms with Crippen LogP contribution in [0, 0.1) is 5.41 Å². The maximum Gasteiger partial charge on any atom is 0.406 e. The Labute approximate surface area is 121 Å². The lowest BCUT2D eigenvalue weighted by atomic mass is 9.75. The fourth-order valence-electron chi connectivity index (χ4n) is 2.67. The van der Waals surface area contributed by atoms with Gasteiger partial charge in [0.2, 0.25) is 0 Å². The fourth-order valence-corrected chi connectivity index (χ4v) is 2.67. The molecule has 0 heterocycles. The molecule has 1 rings (SSSR count). The number of amides is 2. The quantitative estimate of drug-likeness (QED) is 0.838. The number of carbonyl (C=O) groups is 2. The number of halogens is 3. The van der Waals surface area contributed by atoms with Crippen molar-refractivity contribution in [3.05, 3.63) is 0 Å². The third kappa shape index (κ3) is 6.68. The van der Waals surface area contributed by atoms with Crippen LogP contribution in [0.2, 0.25) is 0 Å². The number of hydrogen-bond donors (Lipinski definition) is 2. The van der Waals surface area contributed by atoms with Crippen LogP contribution >= 0.6 is 0 Å². The van der Waals surface area contributed by atoms with Crippen molar-refractivity contribution in [1.29, 1.82) is 0 Å². The molecule has 0 radical (unpaired) electrons. The van der Waals surface area contributed by atoms with Crippen molar-refractivity contribution in [3.63, 3.8) is 0 Å². The first-order chi connectivity index (χ1) is 9.48. The van der Waals surface area contributed by atoms with E-state index in [1.807, 2.05) is 13.8 Å². The first-order valence-electron chi connectivity index (χ1n) is 6.82. The second-order valence-corrected chi connectivity index (χ2v) is 6.27. The number of aliphatic carboxylic acids is 1. The molecule has 2 N–H and O–H groups in total. The summed E-state index contributed by atoms with van der Waals surface area (Å²) >= 11 is 0. The minimum absolute atomic E-state index is 0.0256. The Balaban J connectivity index is 2.65. The van der Waals surface area contributed by atoms with Crippen molar-refractivity contribution in [2.45, 2.75) is 51.7 Å². The molecule has 21 heavy (non-hydrogen) atoms. The van der Waals surface area contributed by atoms with Crippen molar-refractivity contribution < 1.29 is 27.9 Å². The Bertz CT molecular complexity index is 397. The highest BCUT2D eigenvalue weighted by Crippen LogP contribution is 2.35. The minimum Gasteiger partial charge on any atom is -0.480 e. The van der Waals surface area contributed by atoms with Gasteiger partial charge < -0.3 is 15.3 Å². The summed E-state index contributed by atoms with van der Waals surface area (Å²) in [7, 11) is 0. The average molecular weight is 310 g/mol. The lowest BCUT2D eigenvalue weighted by Gasteiger charge is -2.36. The molecule has 1 unspecified atom stereocenters. The molecule has 0 spiro atoms. The van der Waals surface area contributed by atoms with E-state index < -0.39 is 31.3 Å². The smallest absolute Gasteiger partial charge is 0.406 e. The third-order valence-corrected chi connectivity index (χ3v) is 3.52. The summed E-state index contributed by atoms with van der Waals surface area (Å²) in [5.74, 6) is -1.47. The van der Waals surface area contributed by atoms with E-state index in [0.717, 1.165) is 12.8 Å². The number of urea groups is 1. The average Bonchev–Trinajstić information content (AvgIpc) is 2.23. The van der Waals surface area contributed by atoms with Crippen LogP contribution in [0.3, 0.4) is 0 Å². The Morgan fingerprint density at radius 3 is 2.48 bits per heavy atom. The first-order valence-corrected chi connectivity index (χ1v) is 6.82. The minimum atomic E-state index is -4.63. The highest BCUT2D eigenvalue weighted by atomic mass is 19.4. The Morgan fingerprint density at radius 1 is 1.38 bits per heavy atom. The molecule has 0 aliphatic heterocycles. The molecule has 0 aromatic carbocycles. The molecule has 0 aromatic heterocycles. The van der Waals surface area contributed by atoms with Crippen LogP contribution < -0.4 is 5.32 Å². The van der Waals surface area contributed by atoms with Crippen LogP contribution in [-0.2, 0) is 4.79 Å². The van der Waals surface area contributed by atoms with Crippen molar-refractivity contribution in [2.75, 3.05) is 13.1 Å². The molecule has 0 aromatic rings. The van der Waals surface area contributed by atoms with Gasteiger partial charge in [0.15, 0.2) is 0 Å². The van der Waals surface area contributed by atoms with Gasteiger partial charge in [-0.2, -0.15) is 13.2 Å². The van der Waals surface area contributed by atoms with Crippen molar-refractivity contribution in [3.8, 4) is 0 Å². The summed E-state index contributed by atoms with van der Waals surface area (Å²) in [5, 5.41) is 11.2. The predicted molar refractivity (Wildman–Crippen MR) is 69.8 cm³/mol. The van der Waals surface area contributed by atoms with Crippen LogP contribution in [0.25, 0.3) is 0 Å². The van der Waals surface area contributed by atoms with Crippen molar-refractivity contribution in [1.82, 2.24) is 10.2 Å². The van der Waals surface area contributed by atoms with Crippen molar-refractivity contribution >= 4 is 12.0 Å². The van der Waals surface area contributed by atoms with Crippen molar-refractivity contribution in [2.24, 2.45) is 5.41 Å². The summed E-state index contributed by atoms with van der Waals surface area (Å²) in [5.41, 5.74) is 0.0256. The van der Waals surface area contributed by atoms with Crippen LogP contribution in [0.4, 0.5) is 18.0 Å². The molecule has 1 fully saturated rings. The lowest BCUT2D eigenvalue weighted by molar-refractivity contribution is -0.149. The molecule has 122 valence electrons. The molecule has 1 aliphatic rings. The van der Waals surface area contributed by atoms with Crippen LogP contribution in [-0.4, -0.2) is 47.3 Å². The maximum absolute atomic E-state index is 12.4. The topological polar surface area (TPSA) is 69.6 Å². The molecule has 0 bridgehead atoms. The predicted octanol–water partition coefficient (Wildman–Crippen LogP) is 2.61. The first kappa shape index (κ1) is 17.6. The zero-order valence-electron chi connectivity index (χ0n) is 12.2. The van der Waals surface area contributed by atoms with Gasteiger partial charge >= 0.3 is 18.2 Å². The number of hydrogen-bond acceptors (Lipinski definition) is 2. The molecule has 1 aliphatic carbocycles. The van der Waals surface area contributed by atoms with Gasteiger partial charge in [-0.15, -0.1) is 0 Å². The van der Waals surface area contributed by atoms with E-state index in [2.05, 4.69) is 5.32 Å². The molecule has 8 heteroatoms. The Hall–Kier alpha value is -1.47. The Kier molecular flexibility index (Phi) is 5.47. The summed E-state index contributed by atoms with van der Waals surface area (Å²) in [4.78, 5) is 22.8. The second kappa shape index (κ2) is 6.53. The molecular weight excluding hydrogens is 289 g/mol. The third-order valence-electron chi connectivity index (χ3n) is 3.52. The summed E-state index contributed by atoms with van der Waals surface area (Å²) in [6.07, 6.45) is -1.37. The lowest BCUT2D eigenvalue weighted by Crippen LogP contribution is -2.51. The van der Waals surface area contributed by atoms with Gasteiger partial charge in [0.25, 0.3) is 0 Å². The monoisotopic (exact) mass is 310 g/mol. The van der Waals surface area contributed by atoms with E-state index in [1.54, 1.807) is 0 Å². The highest BCUT2D eigenvalue weighted by molar-refractivity contribution is 5.80. The van der Waals surface area contributed by atoms with Crippen LogP contribution in [0.1, 0.15) is 39.5 Å². The largest absolute Gasteiger partial charge is 0.480 e. The van der Waals surface area contributed by atoms with Gasteiger partial charge in [-0.1, -0.05) is 20.3 Å². The zero-order valence-corrected chi connectivity index (χ0v) is 12.2. The van der Waals surface area contributed by atoms with Gasteiger partial charge in [-0.3, -0.25) is 4.79 Å². The fraction of sp³-hybridized carbons (Fsp3) is 0.846. The number of alkyl halides is 3. The highest BCUT2D eigenvalue weighted by Gasteiger charge is 2.35. The molecular formula is C13H21F3N2O3. The molecule has 1 atom stereocenters. The summed E-state index contributed by atoms with van der Waals surface area (Å²) < 4.78 is 37.2. The SMILES string of the molecule is CC1(C)CCCC(NC(=O)N(CC(=O)O)CC(F)(F)F)C1. The number of carboxylic acids is 1. The van der Waals surface area contributed by atoms with E-state index in [0.29, 0.717) is 12.8 Å². The van der Waals surface area contributed by atoms with Gasteiger partial charge in [0.1, 0.15) is 13.1 Å². The van der Waals surface area contributed by atoms with E-state index in [1.165, 1.54) is 0 Å². The number of nitrogens with one attached hydrogen (secondary N) is 1. The summed E-state index contributed by atoms with van der Waals surface area (Å²) in [6, 6.07) is -1.19. The van der Waals surface area contributed by atoms with Crippen LogP contribution in [0.15, 0.2) is 0 Å². The molecule has 2 amide bonds. The van der Waals surface area contributed by atoms with Crippen LogP contribution in [0.5, 0.6) is 0 Å². The summed E-state index contributed by atoms with van der Waals surface area (Å²) in [6.45, 7) is 1.54. The number of rotatable bonds is 4. The zero-order chi connectivity index (χ0) is 16.3. The molecule has 1 saturated carbocycles. The Morgan fingerprint density at radius 2 is 2.00 bits per heavy atom. The van der Waals surface area contributed by atoms with E-state index in [-0.39, 0.29) is 16.4 Å². The van der Waals surface area contributed by atoms with Gasteiger partial charge in [0.05, 0.1) is 0 Å². The van der Waals surface area contributed by atoms with E-state index in [9.17, 15) is 22.8 Å². The van der Waals surface area contributed by atoms with E-state index in [4.69, 9.17) is 5.11 Å². The van der Waals surface area contributed by atoms with Gasteiger partial charge in [0, 0.05) is 6.04 Å². The number of carboxylic acid groups (broad SMARTS) is 1. The number of carbonyl (C=O) groups excluding carboxylic acids is 1. The van der Waals surface area contributed by atoms with Gasteiger partial charge in [-0.05, 0) is 24.7 Å².